The van der Waals surface area contributed by atoms with Crippen LogP contribution in [0, 0.1) is 5.41 Å². The molecule has 0 saturated carbocycles. The minimum absolute atomic E-state index is 0.0424. The van der Waals surface area contributed by atoms with Crippen LogP contribution in [0.2, 0.25) is 10.0 Å². The van der Waals surface area contributed by atoms with E-state index in [1.54, 1.807) is 6.92 Å². The molecule has 0 unspecified atom stereocenters. The van der Waals surface area contributed by atoms with Gasteiger partial charge in [-0.15, -0.1) is 0 Å². The number of aromatic nitrogens is 1. The summed E-state index contributed by atoms with van der Waals surface area (Å²) in [4.78, 5) is 44.0. The maximum Gasteiger partial charge on any atom is 0.376 e. The zero-order chi connectivity index (χ0) is 20.4. The third-order valence-electron chi connectivity index (χ3n) is 4.14. The van der Waals surface area contributed by atoms with Crippen molar-refractivity contribution in [2.45, 2.75) is 19.8 Å². The first kappa shape index (κ1) is 20.0. The van der Waals surface area contributed by atoms with Crippen molar-refractivity contribution >= 4 is 57.8 Å². The van der Waals surface area contributed by atoms with E-state index in [4.69, 9.17) is 33.4 Å². The van der Waals surface area contributed by atoms with E-state index in [1.807, 2.05) is 5.48 Å². The van der Waals surface area contributed by atoms with Crippen molar-refractivity contribution in [3.63, 3.8) is 0 Å². The van der Waals surface area contributed by atoms with Gasteiger partial charge in [0.15, 0.2) is 0 Å². The highest BCUT2D eigenvalue weighted by molar-refractivity contribution is 6.45. The van der Waals surface area contributed by atoms with E-state index in [0.29, 0.717) is 29.4 Å². The van der Waals surface area contributed by atoms with Crippen LogP contribution in [0.25, 0.3) is 10.9 Å². The molecule has 28 heavy (non-hydrogen) atoms. The molecule has 1 aromatic heterocycles. The number of ether oxygens (including phenoxy) is 1. The minimum atomic E-state index is -0.971. The molecule has 0 atom stereocenters. The topological polar surface area (TPSA) is 133 Å². The van der Waals surface area contributed by atoms with Gasteiger partial charge in [-0.1, -0.05) is 23.2 Å². The van der Waals surface area contributed by atoms with Crippen molar-refractivity contribution in [2.24, 2.45) is 0 Å². The molecule has 1 aliphatic rings. The van der Waals surface area contributed by atoms with Gasteiger partial charge in [-0.25, -0.2) is 9.59 Å². The van der Waals surface area contributed by atoms with E-state index < -0.39 is 17.8 Å². The second kappa shape index (κ2) is 8.07. The Balaban J connectivity index is 1.98. The Labute approximate surface area is 169 Å². The summed E-state index contributed by atoms with van der Waals surface area (Å²) in [7, 11) is 0. The fourth-order valence-corrected chi connectivity index (χ4v) is 3.35. The van der Waals surface area contributed by atoms with Crippen LogP contribution in [0.15, 0.2) is 6.07 Å². The zero-order valence-corrected chi connectivity index (χ0v) is 16.2. The minimum Gasteiger partial charge on any atom is -0.460 e. The van der Waals surface area contributed by atoms with E-state index in [2.05, 4.69) is 15.0 Å². The summed E-state index contributed by atoms with van der Waals surface area (Å²) >= 11 is 12.4. The summed E-state index contributed by atoms with van der Waals surface area (Å²) < 4.78 is 4.63. The zero-order valence-electron chi connectivity index (χ0n) is 14.7. The Bertz CT molecular complexity index is 1000. The van der Waals surface area contributed by atoms with E-state index >= 15 is 0 Å². The second-order valence-corrected chi connectivity index (χ2v) is 6.70. The number of aromatic amines is 1. The standard InChI is InChI=1S/C17H16Cl2N4O5/c1-2-27-17(26)15(20)23-28-16(25)8-5-9(18)13(19)14-12(8)7-6-11(24)21-4-3-10(7)22-14/h5,22H,2-4,6H2,1H3,(H2,20,23)(H,21,24). The van der Waals surface area contributed by atoms with Crippen LogP contribution in [0.3, 0.4) is 0 Å². The fourth-order valence-electron chi connectivity index (χ4n) is 2.95. The molecule has 1 amide bonds. The average molecular weight is 427 g/mol. The van der Waals surface area contributed by atoms with Crippen LogP contribution in [-0.2, 0) is 32.0 Å². The molecule has 3 rings (SSSR count). The molecule has 0 saturated heterocycles. The molecule has 0 aliphatic carbocycles. The van der Waals surface area contributed by atoms with Crippen LogP contribution >= 0.6 is 23.2 Å². The highest BCUT2D eigenvalue weighted by Crippen LogP contribution is 2.37. The van der Waals surface area contributed by atoms with Crippen LogP contribution in [0.1, 0.15) is 28.5 Å². The number of H-pyrrole nitrogens is 1. The maximum absolute atomic E-state index is 12.6. The summed E-state index contributed by atoms with van der Waals surface area (Å²) in [6.45, 7) is 2.10. The number of hydrogen-bond acceptors (Lipinski definition) is 6. The SMILES string of the molecule is CCOC(=O)C(=N)NOC(=O)c1cc(Cl)c(Cl)c2[nH]c3c(c12)CC(=O)NCC3. The average Bonchev–Trinajstić information content (AvgIpc) is 2.90. The largest absolute Gasteiger partial charge is 0.460 e. The Morgan fingerprint density at radius 3 is 2.82 bits per heavy atom. The molecule has 1 aliphatic heterocycles. The summed E-state index contributed by atoms with van der Waals surface area (Å²) in [6.07, 6.45) is 0.587. The molecule has 0 radical (unpaired) electrons. The van der Waals surface area contributed by atoms with Gasteiger partial charge >= 0.3 is 11.9 Å². The first-order chi connectivity index (χ1) is 13.3. The summed E-state index contributed by atoms with van der Waals surface area (Å²) in [5.74, 6) is -2.79. The summed E-state index contributed by atoms with van der Waals surface area (Å²) in [6, 6.07) is 1.32. The molecule has 0 fully saturated rings. The molecule has 11 heteroatoms. The Morgan fingerprint density at radius 2 is 2.11 bits per heavy atom. The normalized spacial score (nSPS) is 13.3. The molecule has 4 N–H and O–H groups in total. The number of hydrogen-bond donors (Lipinski definition) is 4. The van der Waals surface area contributed by atoms with E-state index in [1.165, 1.54) is 6.07 Å². The number of carbonyl (C=O) groups is 3. The predicted molar refractivity (Wildman–Crippen MR) is 102 cm³/mol. The van der Waals surface area contributed by atoms with Crippen LogP contribution in [0.4, 0.5) is 0 Å². The van der Waals surface area contributed by atoms with Crippen LogP contribution < -0.4 is 10.8 Å². The van der Waals surface area contributed by atoms with Crippen LogP contribution in [0.5, 0.6) is 0 Å². The number of hydroxylamine groups is 1. The first-order valence-electron chi connectivity index (χ1n) is 8.34. The highest BCUT2D eigenvalue weighted by Gasteiger charge is 2.26. The lowest BCUT2D eigenvalue weighted by molar-refractivity contribution is -0.135. The Kier molecular flexibility index (Phi) is 5.76. The molecule has 0 bridgehead atoms. The smallest absolute Gasteiger partial charge is 0.376 e. The van der Waals surface area contributed by atoms with Gasteiger partial charge in [0.1, 0.15) is 0 Å². The van der Waals surface area contributed by atoms with Gasteiger partial charge in [-0.3, -0.25) is 10.2 Å². The van der Waals surface area contributed by atoms with E-state index in [9.17, 15) is 14.4 Å². The number of rotatable bonds is 2. The van der Waals surface area contributed by atoms with Gasteiger partial charge in [0, 0.05) is 24.0 Å². The number of nitrogens with one attached hydrogen (secondary N) is 4. The number of halogens is 2. The summed E-state index contributed by atoms with van der Waals surface area (Å²) in [5, 5.41) is 11.0. The van der Waals surface area contributed by atoms with Gasteiger partial charge in [0.25, 0.3) is 0 Å². The third-order valence-corrected chi connectivity index (χ3v) is 4.93. The molecule has 2 aromatic rings. The molecule has 1 aromatic carbocycles. The number of fused-ring (bicyclic) bond motifs is 3. The molecule has 2 heterocycles. The number of esters is 1. The van der Waals surface area contributed by atoms with Crippen molar-refractivity contribution < 1.29 is 24.0 Å². The molecule has 9 nitrogen and oxygen atoms in total. The monoisotopic (exact) mass is 426 g/mol. The van der Waals surface area contributed by atoms with E-state index in [-0.39, 0.29) is 34.5 Å². The lowest BCUT2D eigenvalue weighted by atomic mass is 10.0. The van der Waals surface area contributed by atoms with Crippen molar-refractivity contribution in [2.75, 3.05) is 13.2 Å². The molecular weight excluding hydrogens is 411 g/mol. The van der Waals surface area contributed by atoms with Crippen LogP contribution in [-0.4, -0.2) is 41.8 Å². The quantitative estimate of drug-likeness (QED) is 0.250. The van der Waals surface area contributed by atoms with Crippen molar-refractivity contribution in [3.05, 3.63) is 32.9 Å². The number of amidine groups is 1. The fraction of sp³-hybridized carbons (Fsp3) is 0.294. The Hall–Kier alpha value is -2.78. The third kappa shape index (κ3) is 3.76. The Morgan fingerprint density at radius 1 is 1.36 bits per heavy atom. The van der Waals surface area contributed by atoms with Gasteiger partial charge in [0.2, 0.25) is 11.7 Å². The highest BCUT2D eigenvalue weighted by atomic mass is 35.5. The number of amides is 1. The summed E-state index contributed by atoms with van der Waals surface area (Å²) in [5.41, 5.74) is 3.80. The predicted octanol–water partition coefficient (Wildman–Crippen LogP) is 1.89. The van der Waals surface area contributed by atoms with Gasteiger partial charge in [-0.05, 0) is 18.6 Å². The lowest BCUT2D eigenvalue weighted by Crippen LogP contribution is -2.34. The number of carbonyl (C=O) groups excluding carboxylic acids is 3. The van der Waals surface area contributed by atoms with Crippen molar-refractivity contribution in [1.29, 1.82) is 5.41 Å². The van der Waals surface area contributed by atoms with E-state index in [0.717, 1.165) is 5.69 Å². The first-order valence-corrected chi connectivity index (χ1v) is 9.10. The molecular formula is C17H16Cl2N4O5. The number of benzene rings is 1. The van der Waals surface area contributed by atoms with Gasteiger partial charge in [0.05, 0.1) is 34.2 Å². The van der Waals surface area contributed by atoms with Gasteiger partial charge in [-0.2, -0.15) is 5.48 Å². The second-order valence-electron chi connectivity index (χ2n) is 5.92. The van der Waals surface area contributed by atoms with Crippen molar-refractivity contribution in [1.82, 2.24) is 15.8 Å². The van der Waals surface area contributed by atoms with Gasteiger partial charge < -0.3 is 19.9 Å². The lowest BCUT2D eigenvalue weighted by Gasteiger charge is -2.10. The maximum atomic E-state index is 12.6. The molecule has 148 valence electrons. The van der Waals surface area contributed by atoms with Crippen molar-refractivity contribution in [3.8, 4) is 0 Å². The molecule has 0 spiro atoms.